The van der Waals surface area contributed by atoms with Crippen LogP contribution in [0, 0.1) is 5.82 Å². The molecule has 20 heavy (non-hydrogen) atoms. The molecule has 2 aromatic rings. The number of aromatic nitrogens is 2. The molecule has 0 spiro atoms. The number of halogens is 1. The fraction of sp³-hybridized carbons (Fsp3) is 0.231. The lowest BCUT2D eigenvalue weighted by Crippen LogP contribution is -2.27. The molecule has 0 bridgehead atoms. The van der Waals surface area contributed by atoms with Crippen molar-refractivity contribution in [3.63, 3.8) is 0 Å². The van der Waals surface area contributed by atoms with E-state index in [0.717, 1.165) is 0 Å². The summed E-state index contributed by atoms with van der Waals surface area (Å²) in [5.41, 5.74) is -0.239. The fourth-order valence-electron chi connectivity index (χ4n) is 1.76. The number of sulfone groups is 1. The van der Waals surface area contributed by atoms with Crippen molar-refractivity contribution in [3.05, 3.63) is 58.4 Å². The third-order valence-electron chi connectivity index (χ3n) is 2.79. The van der Waals surface area contributed by atoms with Gasteiger partial charge in [0.25, 0.3) is 5.56 Å². The van der Waals surface area contributed by atoms with Gasteiger partial charge in [-0.3, -0.25) is 4.79 Å². The van der Waals surface area contributed by atoms with E-state index in [1.807, 2.05) is 0 Å². The predicted octanol–water partition coefficient (Wildman–Crippen LogP) is 1.38. The van der Waals surface area contributed by atoms with Gasteiger partial charge in [-0.05, 0) is 24.6 Å². The van der Waals surface area contributed by atoms with E-state index in [0.29, 0.717) is 12.1 Å². The molecule has 0 atom stereocenters. The Hall–Kier alpha value is -2.02. The van der Waals surface area contributed by atoms with Crippen molar-refractivity contribution < 1.29 is 12.8 Å². The van der Waals surface area contributed by atoms with Crippen LogP contribution in [0.25, 0.3) is 0 Å². The summed E-state index contributed by atoms with van der Waals surface area (Å²) in [6.07, 6.45) is 2.71. The van der Waals surface area contributed by atoms with Crippen LogP contribution in [-0.4, -0.2) is 18.0 Å². The minimum Gasteiger partial charge on any atom is -0.312 e. The van der Waals surface area contributed by atoms with Crippen molar-refractivity contribution in [2.24, 2.45) is 0 Å². The molecule has 0 aliphatic rings. The molecule has 0 amide bonds. The lowest BCUT2D eigenvalue weighted by molar-refractivity contribution is 0.583. The second-order valence-corrected chi connectivity index (χ2v) is 6.11. The van der Waals surface area contributed by atoms with Gasteiger partial charge in [-0.15, -0.1) is 0 Å². The van der Waals surface area contributed by atoms with Crippen LogP contribution in [0.3, 0.4) is 0 Å². The van der Waals surface area contributed by atoms with Gasteiger partial charge in [0.05, 0.1) is 5.75 Å². The van der Waals surface area contributed by atoms with Crippen LogP contribution in [0.2, 0.25) is 0 Å². The molecule has 0 aliphatic carbocycles. The number of rotatable bonds is 4. The van der Waals surface area contributed by atoms with E-state index in [1.54, 1.807) is 6.92 Å². The number of hydrogen-bond donors (Lipinski definition) is 0. The van der Waals surface area contributed by atoms with E-state index < -0.39 is 26.2 Å². The standard InChI is InChI=1S/C13H13FN2O3S/c1-2-16-8-7-15-12(13(16)17)20(18,19)9-10-3-5-11(14)6-4-10/h3-8H,2,9H2,1H3. The van der Waals surface area contributed by atoms with Crippen molar-refractivity contribution in [1.82, 2.24) is 9.55 Å². The van der Waals surface area contributed by atoms with Crippen molar-refractivity contribution in [2.45, 2.75) is 24.2 Å². The zero-order chi connectivity index (χ0) is 14.8. The highest BCUT2D eigenvalue weighted by Crippen LogP contribution is 2.12. The van der Waals surface area contributed by atoms with Gasteiger partial charge >= 0.3 is 0 Å². The molecule has 0 radical (unpaired) electrons. The van der Waals surface area contributed by atoms with Crippen molar-refractivity contribution >= 4 is 9.84 Å². The molecular formula is C13H13FN2O3S. The van der Waals surface area contributed by atoms with Gasteiger partial charge in [0.2, 0.25) is 14.9 Å². The van der Waals surface area contributed by atoms with Crippen LogP contribution in [0.5, 0.6) is 0 Å². The highest BCUT2D eigenvalue weighted by molar-refractivity contribution is 7.90. The number of benzene rings is 1. The molecule has 2 rings (SSSR count). The van der Waals surface area contributed by atoms with Crippen LogP contribution in [0.1, 0.15) is 12.5 Å². The van der Waals surface area contributed by atoms with Gasteiger partial charge in [-0.25, -0.2) is 17.8 Å². The molecule has 7 heteroatoms. The van der Waals surface area contributed by atoms with Crippen LogP contribution < -0.4 is 5.56 Å². The van der Waals surface area contributed by atoms with Crippen molar-refractivity contribution in [3.8, 4) is 0 Å². The topological polar surface area (TPSA) is 69.0 Å². The van der Waals surface area contributed by atoms with Gasteiger partial charge < -0.3 is 4.57 Å². The normalized spacial score (nSPS) is 11.5. The molecule has 5 nitrogen and oxygen atoms in total. The molecule has 106 valence electrons. The van der Waals surface area contributed by atoms with E-state index in [4.69, 9.17) is 0 Å². The average molecular weight is 296 g/mol. The summed E-state index contributed by atoms with van der Waals surface area (Å²) in [6, 6.07) is 5.09. The Kier molecular flexibility index (Phi) is 3.99. The quantitative estimate of drug-likeness (QED) is 0.854. The first-order valence-electron chi connectivity index (χ1n) is 5.96. The Morgan fingerprint density at radius 3 is 2.50 bits per heavy atom. The molecule has 1 aromatic carbocycles. The first kappa shape index (κ1) is 14.4. The van der Waals surface area contributed by atoms with Crippen molar-refractivity contribution in [2.75, 3.05) is 0 Å². The Bertz CT molecular complexity index is 767. The maximum absolute atomic E-state index is 12.8. The summed E-state index contributed by atoms with van der Waals surface area (Å²) >= 11 is 0. The minimum atomic E-state index is -3.86. The highest BCUT2D eigenvalue weighted by atomic mass is 32.2. The molecule has 0 fully saturated rings. The number of nitrogens with zero attached hydrogens (tertiary/aromatic N) is 2. The largest absolute Gasteiger partial charge is 0.312 e. The lowest BCUT2D eigenvalue weighted by atomic mass is 10.2. The van der Waals surface area contributed by atoms with Gasteiger partial charge in [-0.2, -0.15) is 0 Å². The van der Waals surface area contributed by atoms with Gasteiger partial charge in [0.1, 0.15) is 5.82 Å². The van der Waals surface area contributed by atoms with Crippen LogP contribution in [0.4, 0.5) is 4.39 Å². The third-order valence-corrected chi connectivity index (χ3v) is 4.37. The summed E-state index contributed by atoms with van der Waals surface area (Å²) in [5, 5.41) is -0.480. The van der Waals surface area contributed by atoms with E-state index in [-0.39, 0.29) is 5.75 Å². The molecule has 0 saturated heterocycles. The second-order valence-electron chi connectivity index (χ2n) is 4.21. The SMILES string of the molecule is CCn1ccnc(S(=O)(=O)Cc2ccc(F)cc2)c1=O. The monoisotopic (exact) mass is 296 g/mol. The van der Waals surface area contributed by atoms with E-state index in [1.165, 1.54) is 41.2 Å². The summed E-state index contributed by atoms with van der Waals surface area (Å²) in [6.45, 7) is 2.10. The molecule has 1 aromatic heterocycles. The molecule has 0 saturated carbocycles. The lowest BCUT2D eigenvalue weighted by Gasteiger charge is -2.06. The zero-order valence-electron chi connectivity index (χ0n) is 10.8. The first-order chi connectivity index (χ1) is 9.44. The Morgan fingerprint density at radius 1 is 1.25 bits per heavy atom. The first-order valence-corrected chi connectivity index (χ1v) is 7.62. The maximum Gasteiger partial charge on any atom is 0.288 e. The Labute approximate surface area is 115 Å². The Morgan fingerprint density at radius 2 is 1.90 bits per heavy atom. The van der Waals surface area contributed by atoms with Crippen molar-refractivity contribution in [1.29, 1.82) is 0 Å². The summed E-state index contributed by atoms with van der Waals surface area (Å²) in [7, 11) is -3.86. The summed E-state index contributed by atoms with van der Waals surface area (Å²) < 4.78 is 38.5. The van der Waals surface area contributed by atoms with E-state index in [9.17, 15) is 17.6 Å². The highest BCUT2D eigenvalue weighted by Gasteiger charge is 2.21. The summed E-state index contributed by atoms with van der Waals surface area (Å²) in [5.74, 6) is -0.833. The predicted molar refractivity (Wildman–Crippen MR) is 71.5 cm³/mol. The number of aryl methyl sites for hydroxylation is 1. The third kappa shape index (κ3) is 2.93. The van der Waals surface area contributed by atoms with E-state index in [2.05, 4.69) is 4.98 Å². The van der Waals surface area contributed by atoms with Gasteiger partial charge in [0.15, 0.2) is 0 Å². The molecule has 0 aliphatic heterocycles. The van der Waals surface area contributed by atoms with E-state index >= 15 is 0 Å². The van der Waals surface area contributed by atoms with Gasteiger partial charge in [-0.1, -0.05) is 12.1 Å². The van der Waals surface area contributed by atoms with Crippen LogP contribution in [0.15, 0.2) is 46.5 Å². The summed E-state index contributed by atoms with van der Waals surface area (Å²) in [4.78, 5) is 15.6. The fourth-order valence-corrected chi connectivity index (χ4v) is 3.13. The molecule has 0 N–H and O–H groups in total. The zero-order valence-corrected chi connectivity index (χ0v) is 11.6. The van der Waals surface area contributed by atoms with Crippen LogP contribution >= 0.6 is 0 Å². The van der Waals surface area contributed by atoms with Gasteiger partial charge in [0, 0.05) is 18.9 Å². The maximum atomic E-state index is 12.8. The Balaban J connectivity index is 2.41. The second kappa shape index (κ2) is 5.54. The van der Waals surface area contributed by atoms with Crippen LogP contribution in [-0.2, 0) is 22.1 Å². The minimum absolute atomic E-state index is 0.362. The average Bonchev–Trinajstić information content (AvgIpc) is 2.41. The molecule has 0 unspecified atom stereocenters. The molecular weight excluding hydrogens is 283 g/mol. The number of hydrogen-bond acceptors (Lipinski definition) is 4. The smallest absolute Gasteiger partial charge is 0.288 e. The molecule has 1 heterocycles.